The van der Waals surface area contributed by atoms with Crippen LogP contribution in [0.2, 0.25) is 0 Å². The maximum absolute atomic E-state index is 12.3. The number of piperidine rings is 1. The number of nitrogens with zero attached hydrogens (tertiary/aromatic N) is 3. The van der Waals surface area contributed by atoms with Gasteiger partial charge in [-0.15, -0.1) is 0 Å². The van der Waals surface area contributed by atoms with E-state index in [0.717, 1.165) is 19.3 Å². The number of carbonyl (C=O) groups excluding carboxylic acids is 1. The summed E-state index contributed by atoms with van der Waals surface area (Å²) >= 11 is 0. The first-order valence-corrected chi connectivity index (χ1v) is 10.4. The number of urea groups is 1. The standard InChI is InChI=1S/C16H24N6O3S/c1-2-3-9-26(24,25)22-8-4-5-12(11-22)19-16(23)21-14-10-18-15-13(20-14)6-7-17-15/h6-7,10,12H,2-5,8-9,11H2,1H3,(H,17,18)(H2,19,20,21,23). The van der Waals surface area contributed by atoms with E-state index in [2.05, 4.69) is 25.6 Å². The molecule has 1 unspecified atom stereocenters. The molecule has 3 heterocycles. The first kappa shape index (κ1) is 18.6. The van der Waals surface area contributed by atoms with Crippen LogP contribution in [0.25, 0.3) is 11.2 Å². The lowest BCUT2D eigenvalue weighted by Gasteiger charge is -2.32. The predicted octanol–water partition coefficient (Wildman–Crippen LogP) is 1.67. The van der Waals surface area contributed by atoms with Gasteiger partial charge in [0, 0.05) is 25.3 Å². The van der Waals surface area contributed by atoms with Gasteiger partial charge in [0.25, 0.3) is 0 Å². The second-order valence-corrected chi connectivity index (χ2v) is 8.52. The second kappa shape index (κ2) is 8.00. The molecule has 2 amide bonds. The van der Waals surface area contributed by atoms with Gasteiger partial charge in [-0.25, -0.2) is 23.2 Å². The average molecular weight is 380 g/mol. The summed E-state index contributed by atoms with van der Waals surface area (Å²) in [4.78, 5) is 23.6. The highest BCUT2D eigenvalue weighted by Crippen LogP contribution is 2.16. The number of rotatable bonds is 6. The number of anilines is 1. The normalized spacial score (nSPS) is 18.7. The molecule has 9 nitrogen and oxygen atoms in total. The highest BCUT2D eigenvalue weighted by molar-refractivity contribution is 7.89. The third-order valence-corrected chi connectivity index (χ3v) is 6.29. The van der Waals surface area contributed by atoms with Crippen LogP contribution in [0.5, 0.6) is 0 Å². The van der Waals surface area contributed by atoms with Gasteiger partial charge < -0.3 is 10.3 Å². The monoisotopic (exact) mass is 380 g/mol. The summed E-state index contributed by atoms with van der Waals surface area (Å²) in [5.41, 5.74) is 1.31. The molecule has 2 aromatic rings. The van der Waals surface area contributed by atoms with Crippen molar-refractivity contribution in [2.24, 2.45) is 0 Å². The van der Waals surface area contributed by atoms with E-state index in [9.17, 15) is 13.2 Å². The first-order chi connectivity index (χ1) is 12.5. The fourth-order valence-electron chi connectivity index (χ4n) is 3.00. The second-order valence-electron chi connectivity index (χ2n) is 6.43. The van der Waals surface area contributed by atoms with Crippen LogP contribution in [0.15, 0.2) is 18.5 Å². The number of aromatic nitrogens is 3. The zero-order valence-electron chi connectivity index (χ0n) is 14.7. The van der Waals surface area contributed by atoms with Gasteiger partial charge in [-0.1, -0.05) is 13.3 Å². The van der Waals surface area contributed by atoms with E-state index >= 15 is 0 Å². The molecule has 0 radical (unpaired) electrons. The van der Waals surface area contributed by atoms with Gasteiger partial charge in [-0.2, -0.15) is 4.31 Å². The summed E-state index contributed by atoms with van der Waals surface area (Å²) in [5.74, 6) is 0.507. The molecule has 1 aliphatic heterocycles. The van der Waals surface area contributed by atoms with Gasteiger partial charge in [0.15, 0.2) is 11.5 Å². The Bertz CT molecular complexity index is 866. The zero-order chi connectivity index (χ0) is 18.6. The quantitative estimate of drug-likeness (QED) is 0.704. The lowest BCUT2D eigenvalue weighted by atomic mass is 10.1. The number of H-pyrrole nitrogens is 1. The molecule has 3 rings (SSSR count). The van der Waals surface area contributed by atoms with Crippen LogP contribution in [0, 0.1) is 0 Å². The molecule has 10 heteroatoms. The van der Waals surface area contributed by atoms with E-state index in [0.29, 0.717) is 36.5 Å². The van der Waals surface area contributed by atoms with Crippen molar-refractivity contribution in [2.45, 2.75) is 38.6 Å². The van der Waals surface area contributed by atoms with Gasteiger partial charge in [0.05, 0.1) is 11.9 Å². The van der Waals surface area contributed by atoms with Crippen LogP contribution < -0.4 is 10.6 Å². The molecule has 142 valence electrons. The van der Waals surface area contributed by atoms with Gasteiger partial charge in [0.1, 0.15) is 5.52 Å². The van der Waals surface area contributed by atoms with Gasteiger partial charge >= 0.3 is 6.03 Å². The molecule has 0 aliphatic carbocycles. The summed E-state index contributed by atoms with van der Waals surface area (Å²) in [6, 6.07) is 1.14. The Kier molecular flexibility index (Phi) is 5.72. The SMILES string of the molecule is CCCCS(=O)(=O)N1CCCC(NC(=O)Nc2cnc3[nH]ccc3n2)C1. The molecular formula is C16H24N6O3S. The van der Waals surface area contributed by atoms with Crippen molar-refractivity contribution >= 4 is 33.0 Å². The van der Waals surface area contributed by atoms with Gasteiger partial charge in [0.2, 0.25) is 10.0 Å². The largest absolute Gasteiger partial charge is 0.345 e. The Morgan fingerprint density at radius 2 is 2.31 bits per heavy atom. The van der Waals surface area contributed by atoms with Crippen molar-refractivity contribution < 1.29 is 13.2 Å². The van der Waals surface area contributed by atoms with Crippen molar-refractivity contribution in [3.63, 3.8) is 0 Å². The van der Waals surface area contributed by atoms with Crippen molar-refractivity contribution in [1.29, 1.82) is 0 Å². The number of sulfonamides is 1. The summed E-state index contributed by atoms with van der Waals surface area (Å²) in [6.45, 7) is 2.79. The Hall–Kier alpha value is -2.20. The van der Waals surface area contributed by atoms with Crippen molar-refractivity contribution in [2.75, 3.05) is 24.2 Å². The van der Waals surface area contributed by atoms with E-state index in [1.54, 1.807) is 12.3 Å². The van der Waals surface area contributed by atoms with Crippen LogP contribution in [-0.2, 0) is 10.0 Å². The lowest BCUT2D eigenvalue weighted by Crippen LogP contribution is -2.51. The van der Waals surface area contributed by atoms with Gasteiger partial charge in [-0.05, 0) is 25.3 Å². The number of aromatic amines is 1. The molecule has 26 heavy (non-hydrogen) atoms. The molecule has 0 bridgehead atoms. The summed E-state index contributed by atoms with van der Waals surface area (Å²) < 4.78 is 26.2. The summed E-state index contributed by atoms with van der Waals surface area (Å²) in [6.07, 6.45) is 6.16. The molecular weight excluding hydrogens is 356 g/mol. The molecule has 1 fully saturated rings. The fraction of sp³-hybridized carbons (Fsp3) is 0.562. The molecule has 0 spiro atoms. The highest BCUT2D eigenvalue weighted by Gasteiger charge is 2.29. The lowest BCUT2D eigenvalue weighted by molar-refractivity contribution is 0.236. The zero-order valence-corrected chi connectivity index (χ0v) is 15.6. The molecule has 0 saturated carbocycles. The molecule has 1 atom stereocenters. The van der Waals surface area contributed by atoms with Crippen molar-refractivity contribution in [3.8, 4) is 0 Å². The van der Waals surface area contributed by atoms with Gasteiger partial charge in [-0.3, -0.25) is 5.32 Å². The Morgan fingerprint density at radius 1 is 1.46 bits per heavy atom. The smallest absolute Gasteiger partial charge is 0.320 e. The topological polar surface area (TPSA) is 120 Å². The number of fused-ring (bicyclic) bond motifs is 1. The number of hydrogen-bond donors (Lipinski definition) is 3. The van der Waals surface area contributed by atoms with Crippen LogP contribution in [0.1, 0.15) is 32.6 Å². The molecule has 3 N–H and O–H groups in total. The maximum atomic E-state index is 12.3. The molecule has 1 saturated heterocycles. The van der Waals surface area contributed by atoms with Crippen LogP contribution in [0.4, 0.5) is 10.6 Å². The minimum absolute atomic E-state index is 0.161. The first-order valence-electron chi connectivity index (χ1n) is 8.83. The molecule has 0 aromatic carbocycles. The molecule has 2 aromatic heterocycles. The third-order valence-electron chi connectivity index (χ3n) is 4.37. The Labute approximate surface area is 152 Å². The van der Waals surface area contributed by atoms with E-state index in [-0.39, 0.29) is 11.8 Å². The number of nitrogens with one attached hydrogen (secondary N) is 3. The minimum atomic E-state index is -3.26. The highest BCUT2D eigenvalue weighted by atomic mass is 32.2. The predicted molar refractivity (Wildman–Crippen MR) is 99.3 cm³/mol. The van der Waals surface area contributed by atoms with E-state index in [1.165, 1.54) is 10.5 Å². The number of hydrogen-bond acceptors (Lipinski definition) is 5. The van der Waals surface area contributed by atoms with E-state index < -0.39 is 16.1 Å². The van der Waals surface area contributed by atoms with E-state index in [4.69, 9.17) is 0 Å². The van der Waals surface area contributed by atoms with Crippen LogP contribution >= 0.6 is 0 Å². The number of unbranched alkanes of at least 4 members (excludes halogenated alkanes) is 1. The van der Waals surface area contributed by atoms with E-state index in [1.807, 2.05) is 6.92 Å². The third kappa shape index (κ3) is 4.50. The van der Waals surface area contributed by atoms with Crippen LogP contribution in [-0.4, -0.2) is 58.6 Å². The van der Waals surface area contributed by atoms with Crippen LogP contribution in [0.3, 0.4) is 0 Å². The average Bonchev–Trinajstić information content (AvgIpc) is 3.08. The molecule has 1 aliphatic rings. The Morgan fingerprint density at radius 3 is 3.12 bits per heavy atom. The summed E-state index contributed by atoms with van der Waals surface area (Å²) in [7, 11) is -3.26. The summed E-state index contributed by atoms with van der Waals surface area (Å²) in [5, 5.41) is 5.49. The van der Waals surface area contributed by atoms with Crippen molar-refractivity contribution in [1.82, 2.24) is 24.6 Å². The minimum Gasteiger partial charge on any atom is -0.345 e. The number of carbonyl (C=O) groups is 1. The number of amides is 2. The Balaban J connectivity index is 1.56. The maximum Gasteiger partial charge on any atom is 0.320 e. The fourth-order valence-corrected chi connectivity index (χ4v) is 4.72. The van der Waals surface area contributed by atoms with Crippen molar-refractivity contribution in [3.05, 3.63) is 18.5 Å².